The Bertz CT molecular complexity index is 464. The summed E-state index contributed by atoms with van der Waals surface area (Å²) in [5, 5.41) is 6.27. The summed E-state index contributed by atoms with van der Waals surface area (Å²) in [6, 6.07) is 5.16. The van der Waals surface area contributed by atoms with Gasteiger partial charge in [0.05, 0.1) is 5.69 Å². The lowest BCUT2D eigenvalue weighted by Gasteiger charge is -2.27. The predicted molar refractivity (Wildman–Crippen MR) is 55.9 cm³/mol. The molecular formula is C9H9N5O. The number of azide groups is 1. The second-order valence-electron chi connectivity index (χ2n) is 3.18. The average molecular weight is 203 g/mol. The van der Waals surface area contributed by atoms with E-state index in [2.05, 4.69) is 15.3 Å². The van der Waals surface area contributed by atoms with E-state index in [1.54, 1.807) is 19.2 Å². The molecule has 1 aromatic rings. The van der Waals surface area contributed by atoms with Crippen LogP contribution in [0.1, 0.15) is 5.56 Å². The number of benzene rings is 1. The van der Waals surface area contributed by atoms with Crippen molar-refractivity contribution in [2.75, 3.05) is 11.9 Å². The highest BCUT2D eigenvalue weighted by Crippen LogP contribution is 2.31. The molecule has 0 aromatic heterocycles. The van der Waals surface area contributed by atoms with Crippen LogP contribution in [-0.4, -0.2) is 13.1 Å². The summed E-state index contributed by atoms with van der Waals surface area (Å²) >= 11 is 0. The van der Waals surface area contributed by atoms with Gasteiger partial charge in [0.1, 0.15) is 0 Å². The maximum atomic E-state index is 11.3. The lowest BCUT2D eigenvalue weighted by molar-refractivity contribution is 0.246. The molecule has 2 rings (SSSR count). The van der Waals surface area contributed by atoms with E-state index < -0.39 is 0 Å². The zero-order valence-electron chi connectivity index (χ0n) is 8.14. The largest absolute Gasteiger partial charge is 0.334 e. The van der Waals surface area contributed by atoms with Crippen molar-refractivity contribution in [3.8, 4) is 0 Å². The van der Waals surface area contributed by atoms with Gasteiger partial charge in [-0.1, -0.05) is 17.2 Å². The minimum absolute atomic E-state index is 0.152. The molecule has 1 N–H and O–H groups in total. The Morgan fingerprint density at radius 2 is 2.40 bits per heavy atom. The van der Waals surface area contributed by atoms with Gasteiger partial charge in [0, 0.05) is 29.8 Å². The van der Waals surface area contributed by atoms with Gasteiger partial charge in [-0.3, -0.25) is 4.90 Å². The quantitative estimate of drug-likeness (QED) is 0.424. The number of carbonyl (C=O) groups excluding carboxylic acids is 1. The van der Waals surface area contributed by atoms with E-state index in [1.807, 2.05) is 6.07 Å². The van der Waals surface area contributed by atoms with Gasteiger partial charge in [-0.05, 0) is 11.6 Å². The number of carbonyl (C=O) groups is 1. The Hall–Kier alpha value is -2.20. The zero-order chi connectivity index (χ0) is 10.8. The second-order valence-corrected chi connectivity index (χ2v) is 3.18. The van der Waals surface area contributed by atoms with E-state index in [0.29, 0.717) is 12.2 Å². The van der Waals surface area contributed by atoms with Crippen molar-refractivity contribution in [2.45, 2.75) is 6.54 Å². The van der Waals surface area contributed by atoms with Crippen molar-refractivity contribution in [3.63, 3.8) is 0 Å². The van der Waals surface area contributed by atoms with Gasteiger partial charge in [-0.15, -0.1) is 0 Å². The molecule has 76 valence electrons. The van der Waals surface area contributed by atoms with Gasteiger partial charge in [0.15, 0.2) is 0 Å². The van der Waals surface area contributed by atoms with Crippen molar-refractivity contribution in [3.05, 3.63) is 34.2 Å². The highest BCUT2D eigenvalue weighted by atomic mass is 16.2. The van der Waals surface area contributed by atoms with Gasteiger partial charge >= 0.3 is 6.03 Å². The SMILES string of the molecule is CN1C(=O)NCc2c(N=[N+]=[N-])cccc21. The third-order valence-electron chi connectivity index (χ3n) is 2.36. The number of hydrogen-bond acceptors (Lipinski definition) is 2. The first-order chi connectivity index (χ1) is 7.24. The number of rotatable bonds is 1. The van der Waals surface area contributed by atoms with E-state index in [0.717, 1.165) is 11.3 Å². The Labute approximate surface area is 86.1 Å². The molecule has 15 heavy (non-hydrogen) atoms. The van der Waals surface area contributed by atoms with Crippen molar-refractivity contribution < 1.29 is 4.79 Å². The Kier molecular flexibility index (Phi) is 2.19. The van der Waals surface area contributed by atoms with E-state index >= 15 is 0 Å². The van der Waals surface area contributed by atoms with Gasteiger partial charge in [0.25, 0.3) is 0 Å². The minimum atomic E-state index is -0.152. The van der Waals surface area contributed by atoms with Gasteiger partial charge < -0.3 is 5.32 Å². The summed E-state index contributed by atoms with van der Waals surface area (Å²) in [5.74, 6) is 0. The molecular weight excluding hydrogens is 194 g/mol. The van der Waals surface area contributed by atoms with Gasteiger partial charge in [0.2, 0.25) is 0 Å². The summed E-state index contributed by atoms with van der Waals surface area (Å²) in [6.07, 6.45) is 0. The molecule has 6 heteroatoms. The highest BCUT2D eigenvalue weighted by molar-refractivity contribution is 5.95. The molecule has 0 fully saturated rings. The molecule has 0 saturated heterocycles. The fourth-order valence-corrected chi connectivity index (χ4v) is 1.59. The second kappa shape index (κ2) is 3.51. The first-order valence-electron chi connectivity index (χ1n) is 4.42. The summed E-state index contributed by atoms with van der Waals surface area (Å²) < 4.78 is 0. The van der Waals surface area contributed by atoms with Gasteiger partial charge in [-0.25, -0.2) is 4.79 Å². The van der Waals surface area contributed by atoms with Crippen LogP contribution in [0.25, 0.3) is 10.4 Å². The van der Waals surface area contributed by atoms with Crippen molar-refractivity contribution >= 4 is 17.4 Å². The first kappa shape index (κ1) is 9.36. The van der Waals surface area contributed by atoms with E-state index in [-0.39, 0.29) is 6.03 Å². The van der Waals surface area contributed by atoms with E-state index in [1.165, 1.54) is 4.90 Å². The van der Waals surface area contributed by atoms with Crippen LogP contribution in [0.4, 0.5) is 16.2 Å². The lowest BCUT2D eigenvalue weighted by Crippen LogP contribution is -2.41. The molecule has 0 spiro atoms. The van der Waals surface area contributed by atoms with Crippen LogP contribution in [0.15, 0.2) is 23.3 Å². The topological polar surface area (TPSA) is 81.1 Å². The van der Waals surface area contributed by atoms with Crippen LogP contribution in [-0.2, 0) is 6.54 Å². The molecule has 2 amide bonds. The molecule has 0 unspecified atom stereocenters. The molecule has 1 aliphatic rings. The number of anilines is 1. The normalized spacial score (nSPS) is 13.9. The number of urea groups is 1. The van der Waals surface area contributed by atoms with Crippen LogP contribution >= 0.6 is 0 Å². The summed E-state index contributed by atoms with van der Waals surface area (Å²) in [6.45, 7) is 0.397. The summed E-state index contributed by atoms with van der Waals surface area (Å²) in [7, 11) is 1.67. The fourth-order valence-electron chi connectivity index (χ4n) is 1.59. The molecule has 6 nitrogen and oxygen atoms in total. The lowest BCUT2D eigenvalue weighted by atomic mass is 10.1. The third-order valence-corrected chi connectivity index (χ3v) is 2.36. The molecule has 0 bridgehead atoms. The van der Waals surface area contributed by atoms with Crippen molar-refractivity contribution in [1.82, 2.24) is 5.32 Å². The zero-order valence-corrected chi connectivity index (χ0v) is 8.14. The van der Waals surface area contributed by atoms with Crippen LogP contribution in [0.5, 0.6) is 0 Å². The smallest absolute Gasteiger partial charge is 0.321 e. The third kappa shape index (κ3) is 1.47. The summed E-state index contributed by atoms with van der Waals surface area (Å²) in [5.41, 5.74) is 10.6. The minimum Gasteiger partial charge on any atom is -0.334 e. The number of amides is 2. The Balaban J connectivity index is 2.57. The summed E-state index contributed by atoms with van der Waals surface area (Å²) in [4.78, 5) is 15.6. The van der Waals surface area contributed by atoms with Crippen LogP contribution in [0, 0.1) is 0 Å². The van der Waals surface area contributed by atoms with E-state index in [4.69, 9.17) is 5.53 Å². The number of nitrogens with zero attached hydrogens (tertiary/aromatic N) is 4. The highest BCUT2D eigenvalue weighted by Gasteiger charge is 2.21. The molecule has 1 aromatic carbocycles. The van der Waals surface area contributed by atoms with Crippen LogP contribution in [0.3, 0.4) is 0 Å². The van der Waals surface area contributed by atoms with Crippen LogP contribution < -0.4 is 10.2 Å². The first-order valence-corrected chi connectivity index (χ1v) is 4.42. The molecule has 1 aliphatic heterocycles. The Morgan fingerprint density at radius 3 is 3.13 bits per heavy atom. The fraction of sp³-hybridized carbons (Fsp3) is 0.222. The maximum Gasteiger partial charge on any atom is 0.321 e. The van der Waals surface area contributed by atoms with Crippen molar-refractivity contribution in [1.29, 1.82) is 0 Å². The number of hydrogen-bond donors (Lipinski definition) is 1. The number of fused-ring (bicyclic) bond motifs is 1. The maximum absolute atomic E-state index is 11.3. The molecule has 0 saturated carbocycles. The average Bonchev–Trinajstić information content (AvgIpc) is 2.25. The van der Waals surface area contributed by atoms with E-state index in [9.17, 15) is 4.79 Å². The Morgan fingerprint density at radius 1 is 1.60 bits per heavy atom. The number of nitrogens with one attached hydrogen (secondary N) is 1. The predicted octanol–water partition coefficient (Wildman–Crippen LogP) is 2.29. The van der Waals surface area contributed by atoms with Crippen molar-refractivity contribution in [2.24, 2.45) is 5.11 Å². The molecule has 0 aliphatic carbocycles. The monoisotopic (exact) mass is 203 g/mol. The van der Waals surface area contributed by atoms with Crippen LogP contribution in [0.2, 0.25) is 0 Å². The molecule has 0 radical (unpaired) electrons. The molecule has 0 atom stereocenters. The van der Waals surface area contributed by atoms with Gasteiger partial charge in [-0.2, -0.15) is 0 Å². The standard InChI is InChI=1S/C9H9N5O/c1-14-8-4-2-3-7(12-13-10)6(8)5-11-9(14)15/h2-4H,5H2,1H3,(H,11,15). The molecule has 1 heterocycles.